The van der Waals surface area contributed by atoms with Gasteiger partial charge in [-0.1, -0.05) is 146 Å². The van der Waals surface area contributed by atoms with E-state index in [0.29, 0.717) is 39.5 Å². The Balaban J connectivity index is 1.50. The predicted molar refractivity (Wildman–Crippen MR) is 287 cm³/mol. The van der Waals surface area contributed by atoms with E-state index in [1.54, 1.807) is 134 Å². The smallest absolute Gasteiger partial charge is 0.404 e. The van der Waals surface area contributed by atoms with Gasteiger partial charge in [0.15, 0.2) is 0 Å². The molecule has 0 saturated heterocycles. The number of hydrogen-bond donors (Lipinski definition) is 0. The van der Waals surface area contributed by atoms with Crippen LogP contribution in [0.2, 0.25) is 0 Å². The minimum atomic E-state index is -4.35. The molecule has 0 aromatic heterocycles. The van der Waals surface area contributed by atoms with Crippen LogP contribution in [0.15, 0.2) is 234 Å². The van der Waals surface area contributed by atoms with Crippen molar-refractivity contribution in [3.05, 3.63) is 256 Å². The van der Waals surface area contributed by atoms with E-state index >= 15 is 13.7 Å². The van der Waals surface area contributed by atoms with Gasteiger partial charge >= 0.3 is 23.2 Å². The molecule has 368 valence electrons. The summed E-state index contributed by atoms with van der Waals surface area (Å²) in [7, 11) is -12.7. The fourth-order valence-electron chi connectivity index (χ4n) is 7.25. The van der Waals surface area contributed by atoms with Gasteiger partial charge < -0.3 is 27.1 Å². The normalized spacial score (nSPS) is 13.6. The van der Waals surface area contributed by atoms with E-state index in [9.17, 15) is 0 Å². The summed E-state index contributed by atoms with van der Waals surface area (Å²) in [5, 5.41) is 0. The zero-order valence-corrected chi connectivity index (χ0v) is 42.4. The average Bonchev–Trinajstić information content (AvgIpc) is 3.37. The molecule has 6 aromatic rings. The molecule has 0 aliphatic carbocycles. The molecule has 3 atom stereocenters. The van der Waals surface area contributed by atoms with Crippen molar-refractivity contribution in [1.29, 1.82) is 0 Å². The third-order valence-corrected chi connectivity index (χ3v) is 16.1. The fraction of sp³-hybridized carbons (Fsp3) is 0.143. The monoisotopic (exact) mass is 1010 g/mol. The molecule has 0 fully saturated rings. The lowest BCUT2D eigenvalue weighted by Crippen LogP contribution is -2.27. The minimum absolute atomic E-state index is 0.117. The Morgan fingerprint density at radius 2 is 0.592 bits per heavy atom. The van der Waals surface area contributed by atoms with Crippen molar-refractivity contribution in [2.45, 2.75) is 12.8 Å². The molecule has 71 heavy (non-hydrogen) atoms. The van der Waals surface area contributed by atoms with Crippen LogP contribution in [0.4, 0.5) is 0 Å². The van der Waals surface area contributed by atoms with Crippen molar-refractivity contribution in [1.82, 2.24) is 14.0 Å². The van der Waals surface area contributed by atoms with Crippen molar-refractivity contribution >= 4 is 23.2 Å². The van der Waals surface area contributed by atoms with Gasteiger partial charge in [-0.15, -0.1) is 39.5 Å². The Kier molecular flexibility index (Phi) is 19.9. The maximum Gasteiger partial charge on any atom is 0.516 e. The van der Waals surface area contributed by atoms with Crippen LogP contribution in [0.1, 0.15) is 22.3 Å². The molecule has 6 aromatic carbocycles. The Morgan fingerprint density at radius 3 is 0.901 bits per heavy atom. The summed E-state index contributed by atoms with van der Waals surface area (Å²) in [5.74, 6) is 1.74. The molecule has 0 radical (unpaired) electrons. The molecule has 0 N–H and O–H groups in total. The average molecular weight is 1010 g/mol. The molecule has 0 spiro atoms. The van der Waals surface area contributed by atoms with E-state index in [4.69, 9.17) is 27.1 Å². The van der Waals surface area contributed by atoms with Crippen molar-refractivity contribution < 1.29 is 40.8 Å². The van der Waals surface area contributed by atoms with Gasteiger partial charge in [0, 0.05) is 52.1 Å². The molecule has 0 saturated carbocycles. The van der Waals surface area contributed by atoms with Crippen LogP contribution in [-0.4, -0.2) is 53.3 Å². The number of nitrogens with zero attached hydrogens (tertiary/aromatic N) is 3. The second kappa shape index (κ2) is 26.4. The summed E-state index contributed by atoms with van der Waals surface area (Å²) >= 11 is 0. The van der Waals surface area contributed by atoms with Gasteiger partial charge in [-0.25, -0.2) is 13.7 Å². The van der Waals surface area contributed by atoms with Gasteiger partial charge in [0.25, 0.3) is 0 Å². The summed E-state index contributed by atoms with van der Waals surface area (Å²) in [6.07, 6.45) is 9.92. The molecule has 12 nitrogen and oxygen atoms in total. The van der Waals surface area contributed by atoms with E-state index < -0.39 is 23.2 Å². The highest BCUT2D eigenvalue weighted by Gasteiger charge is 2.40. The van der Waals surface area contributed by atoms with Crippen LogP contribution in [0, 0.1) is 0 Å². The maximum atomic E-state index is 15.7. The number of rotatable bonds is 31. The SMILES string of the molecule is C=CCN(CC=C)P(=O)(Oc1ccccc1)Oc1ccccc1Cc1cccc(Cc2ccccc2OP(=O)(Oc2ccccc2)N(CC=C)CC=C)c1OP(=O)(Oc1ccccc1)N(CC=C)CC=C. The number of para-hydroxylation sites is 6. The molecule has 0 aliphatic heterocycles. The predicted octanol–water partition coefficient (Wildman–Crippen LogP) is 14.6. The lowest BCUT2D eigenvalue weighted by Gasteiger charge is -2.31. The Bertz CT molecular complexity index is 2700. The van der Waals surface area contributed by atoms with E-state index in [1.165, 1.54) is 14.0 Å². The number of benzene rings is 6. The van der Waals surface area contributed by atoms with Crippen LogP contribution >= 0.6 is 23.2 Å². The third kappa shape index (κ3) is 14.6. The highest BCUT2D eigenvalue weighted by molar-refractivity contribution is 7.52. The third-order valence-electron chi connectivity index (χ3n) is 10.5. The summed E-state index contributed by atoms with van der Waals surface area (Å²) in [4.78, 5) is 0. The molecular weight excluding hydrogens is 952 g/mol. The van der Waals surface area contributed by atoms with Crippen molar-refractivity contribution in [2.24, 2.45) is 0 Å². The molecular formula is C56H60N3O9P3. The van der Waals surface area contributed by atoms with Crippen LogP contribution in [-0.2, 0) is 26.5 Å². The van der Waals surface area contributed by atoms with Crippen molar-refractivity contribution in [3.63, 3.8) is 0 Å². The maximum absolute atomic E-state index is 15.7. The van der Waals surface area contributed by atoms with Crippen molar-refractivity contribution in [3.8, 4) is 34.5 Å². The van der Waals surface area contributed by atoms with Gasteiger partial charge in [0.2, 0.25) is 0 Å². The summed E-state index contributed by atoms with van der Waals surface area (Å²) in [6, 6.07) is 46.2. The molecule has 0 heterocycles. The van der Waals surface area contributed by atoms with Gasteiger partial charge in [-0.05, 0) is 70.8 Å². The summed E-state index contributed by atoms with van der Waals surface area (Å²) in [6.45, 7) is 24.3. The zero-order valence-electron chi connectivity index (χ0n) is 39.7. The van der Waals surface area contributed by atoms with Gasteiger partial charge in [-0.2, -0.15) is 14.0 Å². The first-order valence-corrected chi connectivity index (χ1v) is 27.3. The zero-order chi connectivity index (χ0) is 50.5. The van der Waals surface area contributed by atoms with E-state index in [2.05, 4.69) is 39.5 Å². The van der Waals surface area contributed by atoms with E-state index in [1.807, 2.05) is 60.7 Å². The Hall–Kier alpha value is -6.87. The number of hydrogen-bond acceptors (Lipinski definition) is 9. The Labute approximate surface area is 418 Å². The quantitative estimate of drug-likeness (QED) is 0.0305. The summed E-state index contributed by atoms with van der Waals surface area (Å²) in [5.41, 5.74) is 2.34. The van der Waals surface area contributed by atoms with Crippen LogP contribution in [0.5, 0.6) is 34.5 Å². The molecule has 3 unspecified atom stereocenters. The summed E-state index contributed by atoms with van der Waals surface area (Å²) < 4.78 is 89.2. The van der Waals surface area contributed by atoms with Crippen LogP contribution < -0.4 is 27.1 Å². The first-order chi connectivity index (χ1) is 34.5. The highest BCUT2D eigenvalue weighted by Crippen LogP contribution is 2.56. The highest BCUT2D eigenvalue weighted by atomic mass is 31.2. The lowest BCUT2D eigenvalue weighted by molar-refractivity contribution is 0.304. The topological polar surface area (TPSA) is 116 Å². The second-order valence-corrected chi connectivity index (χ2v) is 21.3. The first kappa shape index (κ1) is 53.5. The molecule has 6 rings (SSSR count). The Morgan fingerprint density at radius 1 is 0.324 bits per heavy atom. The van der Waals surface area contributed by atoms with E-state index in [-0.39, 0.29) is 69.4 Å². The van der Waals surface area contributed by atoms with Crippen LogP contribution in [0.3, 0.4) is 0 Å². The van der Waals surface area contributed by atoms with Gasteiger partial charge in [0.1, 0.15) is 34.5 Å². The fourth-order valence-corrected chi connectivity index (χ4v) is 12.4. The minimum Gasteiger partial charge on any atom is -0.404 e. The van der Waals surface area contributed by atoms with E-state index in [0.717, 1.165) is 0 Å². The van der Waals surface area contributed by atoms with Gasteiger partial charge in [0.05, 0.1) is 0 Å². The van der Waals surface area contributed by atoms with Gasteiger partial charge in [-0.3, -0.25) is 0 Å². The second-order valence-electron chi connectivity index (χ2n) is 15.7. The molecule has 0 bridgehead atoms. The lowest BCUT2D eigenvalue weighted by atomic mass is 9.97. The largest absolute Gasteiger partial charge is 0.516 e. The standard InChI is InChI=1S/C56H60N3O9P3/c1-7-39-57(40-8-2)69(60,63-51-31-16-13-17-32-51)66-54-37-24-22-27-47(54)45-49-29-26-30-50(56(49)68-71(62,59(43-11-5)44-12-6)65-53-35-20-15-21-36-53)46-48-28-23-25-38-55(48)67-70(61,58(41-9-3)42-10-4)64-52-33-18-14-19-34-52/h7-38H,1-6,39-46H2. The van der Waals surface area contributed by atoms with Crippen molar-refractivity contribution in [2.75, 3.05) is 39.3 Å². The molecule has 15 heteroatoms. The molecule has 0 aliphatic rings. The first-order valence-electron chi connectivity index (χ1n) is 22.8. The van der Waals surface area contributed by atoms with Crippen LogP contribution in [0.25, 0.3) is 0 Å². The molecule has 0 amide bonds.